The standard InChI is InChI=1S/C24H21Cl3FN7O2S/c1-12(20-16(26)7-30-33-22(20)27)37-19-4-14-18(5-15(19)25)31-32-21(14)13-3-17(28)23(29-6-13)34-8-24(9-34)10-35(11-24)38(2)36/h3-7,12H,8-11H2,1-2H3,(H,31,32)/t12-,38?/m1/s1. The summed E-state index contributed by atoms with van der Waals surface area (Å²) in [6.07, 6.45) is 4.10. The van der Waals surface area contributed by atoms with E-state index in [2.05, 4.69) is 25.4 Å². The van der Waals surface area contributed by atoms with Crippen LogP contribution in [0, 0.1) is 11.2 Å². The van der Waals surface area contributed by atoms with Crippen molar-refractivity contribution in [1.29, 1.82) is 0 Å². The number of fused-ring (bicyclic) bond motifs is 1. The zero-order valence-corrected chi connectivity index (χ0v) is 23.3. The zero-order valence-electron chi connectivity index (χ0n) is 20.2. The highest BCUT2D eigenvalue weighted by Gasteiger charge is 2.53. The van der Waals surface area contributed by atoms with Crippen LogP contribution in [-0.4, -0.2) is 66.3 Å². The number of aromatic nitrogens is 5. The Morgan fingerprint density at radius 1 is 1.13 bits per heavy atom. The first-order valence-corrected chi connectivity index (χ1v) is 14.3. The van der Waals surface area contributed by atoms with E-state index in [-0.39, 0.29) is 10.6 Å². The SMILES string of the molecule is C[C@@H](Oc1cc2c(-c3cnc(N4CC5(C4)CN(S(C)=O)C5)c(F)c3)n[nH]c2cc1Cl)c1c(Cl)cnnc1Cl. The predicted octanol–water partition coefficient (Wildman–Crippen LogP) is 5.07. The second-order valence-corrected chi connectivity index (χ2v) is 12.2. The molecule has 0 saturated carbocycles. The van der Waals surface area contributed by atoms with Crippen molar-refractivity contribution in [2.24, 2.45) is 5.41 Å². The molecule has 1 aromatic carbocycles. The van der Waals surface area contributed by atoms with Gasteiger partial charge >= 0.3 is 0 Å². The summed E-state index contributed by atoms with van der Waals surface area (Å²) in [5.74, 6) is 0.241. The van der Waals surface area contributed by atoms with Gasteiger partial charge in [-0.1, -0.05) is 34.8 Å². The Bertz CT molecular complexity index is 1570. The molecule has 0 bridgehead atoms. The first-order chi connectivity index (χ1) is 18.1. The highest BCUT2D eigenvalue weighted by Crippen LogP contribution is 2.43. The Kier molecular flexibility index (Phi) is 6.47. The van der Waals surface area contributed by atoms with E-state index in [1.165, 1.54) is 12.3 Å². The van der Waals surface area contributed by atoms with Gasteiger partial charge in [0.2, 0.25) is 0 Å². The molecule has 9 nitrogen and oxygen atoms in total. The first-order valence-electron chi connectivity index (χ1n) is 11.6. The van der Waals surface area contributed by atoms with Gasteiger partial charge in [0.1, 0.15) is 17.5 Å². The van der Waals surface area contributed by atoms with Crippen LogP contribution in [-0.2, 0) is 11.0 Å². The molecule has 1 unspecified atom stereocenters. The topological polar surface area (TPSA) is 100 Å². The molecule has 198 valence electrons. The van der Waals surface area contributed by atoms with E-state index in [0.29, 0.717) is 62.4 Å². The number of nitrogens with zero attached hydrogens (tertiary/aromatic N) is 6. The third kappa shape index (κ3) is 4.40. The number of rotatable bonds is 6. The molecule has 5 heterocycles. The van der Waals surface area contributed by atoms with Crippen LogP contribution in [0.25, 0.3) is 22.2 Å². The van der Waals surface area contributed by atoms with Crippen molar-refractivity contribution in [2.75, 3.05) is 37.3 Å². The summed E-state index contributed by atoms with van der Waals surface area (Å²) >= 11 is 18.9. The summed E-state index contributed by atoms with van der Waals surface area (Å²) in [4.78, 5) is 6.32. The van der Waals surface area contributed by atoms with Gasteiger partial charge in [-0.25, -0.2) is 17.9 Å². The van der Waals surface area contributed by atoms with Crippen molar-refractivity contribution in [3.8, 4) is 17.0 Å². The lowest BCUT2D eigenvalue weighted by Crippen LogP contribution is -2.72. The van der Waals surface area contributed by atoms with Crippen LogP contribution in [0.1, 0.15) is 18.6 Å². The van der Waals surface area contributed by atoms with Crippen LogP contribution in [0.2, 0.25) is 15.2 Å². The Balaban J connectivity index is 1.24. The molecule has 2 atom stereocenters. The fourth-order valence-corrected chi connectivity index (χ4v) is 6.84. The quantitative estimate of drug-likeness (QED) is 0.332. The smallest absolute Gasteiger partial charge is 0.166 e. The normalized spacial score (nSPS) is 18.3. The van der Waals surface area contributed by atoms with Gasteiger partial charge in [0.25, 0.3) is 0 Å². The molecule has 6 rings (SSSR count). The number of pyridine rings is 1. The average molecular weight is 597 g/mol. The molecule has 1 spiro atoms. The van der Waals surface area contributed by atoms with Gasteiger partial charge in [0, 0.05) is 55.0 Å². The number of aromatic amines is 1. The molecule has 14 heteroatoms. The van der Waals surface area contributed by atoms with E-state index in [9.17, 15) is 4.21 Å². The highest BCUT2D eigenvalue weighted by molar-refractivity contribution is 7.81. The van der Waals surface area contributed by atoms with Crippen molar-refractivity contribution in [2.45, 2.75) is 13.0 Å². The van der Waals surface area contributed by atoms with Crippen molar-refractivity contribution < 1.29 is 13.3 Å². The average Bonchev–Trinajstić information content (AvgIpc) is 3.20. The summed E-state index contributed by atoms with van der Waals surface area (Å²) in [5.41, 5.74) is 2.23. The Hall–Kier alpha value is -2.57. The molecule has 0 aliphatic carbocycles. The lowest BCUT2D eigenvalue weighted by Gasteiger charge is -2.59. The Morgan fingerprint density at radius 2 is 1.89 bits per heavy atom. The maximum Gasteiger partial charge on any atom is 0.166 e. The fourth-order valence-electron chi connectivity index (χ4n) is 5.08. The zero-order chi connectivity index (χ0) is 26.8. The van der Waals surface area contributed by atoms with Crippen LogP contribution >= 0.6 is 34.8 Å². The van der Waals surface area contributed by atoms with E-state index in [0.717, 1.165) is 13.1 Å². The summed E-state index contributed by atoms with van der Waals surface area (Å²) in [7, 11) is -0.968. The Labute approximate surface area is 234 Å². The molecule has 2 aliphatic heterocycles. The second kappa shape index (κ2) is 9.56. The van der Waals surface area contributed by atoms with Gasteiger partial charge in [-0.15, -0.1) is 5.10 Å². The van der Waals surface area contributed by atoms with E-state index in [1.807, 2.05) is 9.21 Å². The number of hydrogen-bond donors (Lipinski definition) is 1. The number of benzene rings is 1. The molecular weight excluding hydrogens is 576 g/mol. The maximum atomic E-state index is 15.2. The number of ether oxygens (including phenoxy) is 1. The summed E-state index contributed by atoms with van der Waals surface area (Å²) in [6.45, 7) is 4.66. The maximum absolute atomic E-state index is 15.2. The number of nitrogens with one attached hydrogen (secondary N) is 1. The Morgan fingerprint density at radius 3 is 2.58 bits per heavy atom. The molecule has 1 N–H and O–H groups in total. The van der Waals surface area contributed by atoms with Gasteiger partial charge in [0.05, 0.1) is 38.3 Å². The molecular formula is C24H21Cl3FN7O2S. The van der Waals surface area contributed by atoms with E-state index < -0.39 is 22.9 Å². The van der Waals surface area contributed by atoms with Crippen LogP contribution in [0.3, 0.4) is 0 Å². The number of H-pyrrole nitrogens is 1. The second-order valence-electron chi connectivity index (χ2n) is 9.66. The molecule has 3 aromatic heterocycles. The van der Waals surface area contributed by atoms with Gasteiger partial charge < -0.3 is 9.64 Å². The number of halogens is 4. The van der Waals surface area contributed by atoms with Crippen LogP contribution in [0.15, 0.2) is 30.6 Å². The molecule has 2 aliphatic rings. The number of anilines is 1. The van der Waals surface area contributed by atoms with Gasteiger partial charge in [0.15, 0.2) is 16.8 Å². The molecule has 2 saturated heterocycles. The lowest BCUT2D eigenvalue weighted by atomic mass is 9.74. The van der Waals surface area contributed by atoms with Crippen LogP contribution < -0.4 is 9.64 Å². The van der Waals surface area contributed by atoms with Crippen molar-refractivity contribution in [1.82, 2.24) is 29.7 Å². The minimum Gasteiger partial charge on any atom is -0.484 e. The number of hydrogen-bond acceptors (Lipinski definition) is 7. The summed E-state index contributed by atoms with van der Waals surface area (Å²) in [5, 5.41) is 16.4. The third-order valence-corrected chi connectivity index (χ3v) is 8.82. The lowest BCUT2D eigenvalue weighted by molar-refractivity contribution is 0.0429. The monoisotopic (exact) mass is 595 g/mol. The van der Waals surface area contributed by atoms with Crippen LogP contribution in [0.5, 0.6) is 5.75 Å². The largest absolute Gasteiger partial charge is 0.484 e. The minimum atomic E-state index is -0.968. The summed E-state index contributed by atoms with van der Waals surface area (Å²) in [6, 6.07) is 4.85. The molecule has 0 amide bonds. The molecule has 0 radical (unpaired) electrons. The first kappa shape index (κ1) is 25.7. The van der Waals surface area contributed by atoms with Gasteiger partial charge in [-0.2, -0.15) is 10.2 Å². The van der Waals surface area contributed by atoms with Crippen molar-refractivity contribution in [3.05, 3.63) is 57.2 Å². The molecule has 2 fully saturated rings. The van der Waals surface area contributed by atoms with Gasteiger partial charge in [-0.05, 0) is 25.1 Å². The summed E-state index contributed by atoms with van der Waals surface area (Å²) < 4.78 is 34.8. The van der Waals surface area contributed by atoms with Crippen molar-refractivity contribution >= 4 is 62.5 Å². The third-order valence-electron chi connectivity index (χ3n) is 6.96. The fraction of sp³-hybridized carbons (Fsp3) is 0.333. The minimum absolute atomic E-state index is 0.0739. The molecule has 38 heavy (non-hydrogen) atoms. The predicted molar refractivity (Wildman–Crippen MR) is 146 cm³/mol. The van der Waals surface area contributed by atoms with E-state index >= 15 is 4.39 Å². The van der Waals surface area contributed by atoms with Crippen LogP contribution in [0.4, 0.5) is 10.2 Å². The highest BCUT2D eigenvalue weighted by atomic mass is 35.5. The van der Waals surface area contributed by atoms with Crippen molar-refractivity contribution in [3.63, 3.8) is 0 Å². The molecule has 4 aromatic rings. The van der Waals surface area contributed by atoms with E-state index in [1.54, 1.807) is 31.5 Å². The van der Waals surface area contributed by atoms with Gasteiger partial charge in [-0.3, -0.25) is 5.10 Å². The van der Waals surface area contributed by atoms with E-state index in [4.69, 9.17) is 39.5 Å².